The van der Waals surface area contributed by atoms with Gasteiger partial charge in [-0.05, 0) is 13.0 Å². The number of aromatic nitrogens is 2. The highest BCUT2D eigenvalue weighted by Gasteiger charge is 2.20. The predicted octanol–water partition coefficient (Wildman–Crippen LogP) is -0.713. The third-order valence-electron chi connectivity index (χ3n) is 1.81. The van der Waals surface area contributed by atoms with Crippen molar-refractivity contribution >= 4 is 5.97 Å². The molecule has 1 heterocycles. The fraction of sp³-hybridized carbons (Fsp3) is 0.375. The zero-order valence-corrected chi connectivity index (χ0v) is 7.43. The van der Waals surface area contributed by atoms with E-state index in [0.29, 0.717) is 0 Å². The second kappa shape index (κ2) is 4.52. The Bertz CT molecular complexity index is 374. The summed E-state index contributed by atoms with van der Waals surface area (Å²) in [6.07, 6.45) is 1.45. The lowest BCUT2D eigenvalue weighted by Crippen LogP contribution is -2.19. The van der Waals surface area contributed by atoms with Crippen molar-refractivity contribution in [3.8, 4) is 0 Å². The molecule has 1 aromatic heterocycles. The Morgan fingerprint density at radius 3 is 2.93 bits per heavy atom. The van der Waals surface area contributed by atoms with Gasteiger partial charge in [0.1, 0.15) is 5.92 Å². The molecule has 76 valence electrons. The Morgan fingerprint density at radius 1 is 1.71 bits per heavy atom. The lowest BCUT2D eigenvalue weighted by molar-refractivity contribution is -0.139. The minimum atomic E-state index is -1.02. The maximum Gasteiger partial charge on any atom is 0.312 e. The standard InChI is InChI=1S/C8H11N3O3/c9-2-1-5(8(13)14)6-3-7(12)11-4-10-6/h3-5H,1-2,9H2,(H,13,14)(H,10,11,12). The summed E-state index contributed by atoms with van der Waals surface area (Å²) in [6.45, 7) is 0.242. The van der Waals surface area contributed by atoms with Gasteiger partial charge in [-0.15, -0.1) is 0 Å². The van der Waals surface area contributed by atoms with Crippen LogP contribution in [0.3, 0.4) is 0 Å². The molecule has 1 atom stereocenters. The van der Waals surface area contributed by atoms with Crippen molar-refractivity contribution in [2.24, 2.45) is 5.73 Å². The van der Waals surface area contributed by atoms with Gasteiger partial charge >= 0.3 is 5.97 Å². The molecule has 1 aromatic rings. The Labute approximate surface area is 79.8 Å². The van der Waals surface area contributed by atoms with Crippen molar-refractivity contribution in [1.29, 1.82) is 0 Å². The van der Waals surface area contributed by atoms with E-state index < -0.39 is 11.9 Å². The van der Waals surface area contributed by atoms with Gasteiger partial charge in [0.2, 0.25) is 0 Å². The summed E-state index contributed by atoms with van der Waals surface area (Å²) in [7, 11) is 0. The third kappa shape index (κ3) is 2.40. The van der Waals surface area contributed by atoms with Gasteiger partial charge in [-0.2, -0.15) is 0 Å². The number of aromatic amines is 1. The van der Waals surface area contributed by atoms with Crippen LogP contribution in [0.1, 0.15) is 18.0 Å². The zero-order valence-electron chi connectivity index (χ0n) is 7.43. The van der Waals surface area contributed by atoms with Crippen LogP contribution in [0.4, 0.5) is 0 Å². The lowest BCUT2D eigenvalue weighted by Gasteiger charge is -2.08. The average Bonchev–Trinajstić information content (AvgIpc) is 2.13. The van der Waals surface area contributed by atoms with Crippen molar-refractivity contribution in [2.75, 3.05) is 6.54 Å². The molecule has 6 nitrogen and oxygen atoms in total. The van der Waals surface area contributed by atoms with E-state index in [1.54, 1.807) is 0 Å². The van der Waals surface area contributed by atoms with Crippen LogP contribution in [0, 0.1) is 0 Å². The minimum absolute atomic E-state index is 0.242. The number of nitrogens with two attached hydrogens (primary N) is 1. The molecule has 14 heavy (non-hydrogen) atoms. The Hall–Kier alpha value is -1.69. The molecule has 0 saturated carbocycles. The second-order valence-electron chi connectivity index (χ2n) is 2.80. The topological polar surface area (TPSA) is 109 Å². The SMILES string of the molecule is NCCC(C(=O)O)c1cc(=O)[nH]cn1. The van der Waals surface area contributed by atoms with E-state index in [1.807, 2.05) is 0 Å². The van der Waals surface area contributed by atoms with Crippen molar-refractivity contribution in [1.82, 2.24) is 9.97 Å². The molecule has 0 amide bonds. The van der Waals surface area contributed by atoms with E-state index in [0.717, 1.165) is 0 Å². The molecule has 0 bridgehead atoms. The van der Waals surface area contributed by atoms with E-state index in [9.17, 15) is 9.59 Å². The van der Waals surface area contributed by atoms with Crippen LogP contribution in [0.5, 0.6) is 0 Å². The van der Waals surface area contributed by atoms with Crippen LogP contribution in [0.25, 0.3) is 0 Å². The first-order chi connectivity index (χ1) is 6.65. The molecule has 0 aliphatic rings. The van der Waals surface area contributed by atoms with Crippen molar-refractivity contribution in [2.45, 2.75) is 12.3 Å². The number of hydrogen-bond donors (Lipinski definition) is 3. The van der Waals surface area contributed by atoms with Crippen LogP contribution >= 0.6 is 0 Å². The monoisotopic (exact) mass is 197 g/mol. The van der Waals surface area contributed by atoms with Crippen molar-refractivity contribution in [3.05, 3.63) is 28.4 Å². The Kier molecular flexibility index (Phi) is 3.35. The summed E-state index contributed by atoms with van der Waals surface area (Å²) in [5, 5.41) is 8.84. The largest absolute Gasteiger partial charge is 0.481 e. The fourth-order valence-corrected chi connectivity index (χ4v) is 1.14. The second-order valence-corrected chi connectivity index (χ2v) is 2.80. The van der Waals surface area contributed by atoms with Crippen LogP contribution in [-0.4, -0.2) is 27.6 Å². The van der Waals surface area contributed by atoms with Gasteiger partial charge in [-0.3, -0.25) is 9.59 Å². The van der Waals surface area contributed by atoms with Gasteiger partial charge in [0, 0.05) is 6.07 Å². The zero-order chi connectivity index (χ0) is 10.6. The highest BCUT2D eigenvalue weighted by molar-refractivity contribution is 5.75. The maximum atomic E-state index is 10.9. The fourth-order valence-electron chi connectivity index (χ4n) is 1.14. The summed E-state index contributed by atoms with van der Waals surface area (Å²) in [5.41, 5.74) is 5.15. The molecular formula is C8H11N3O3. The normalized spacial score (nSPS) is 12.4. The number of aliphatic carboxylic acids is 1. The molecule has 0 saturated heterocycles. The maximum absolute atomic E-state index is 10.9. The number of nitrogens with one attached hydrogen (secondary N) is 1. The smallest absolute Gasteiger partial charge is 0.312 e. The summed E-state index contributed by atoms with van der Waals surface area (Å²) in [5.74, 6) is -1.82. The molecule has 1 unspecified atom stereocenters. The molecule has 6 heteroatoms. The number of hydrogen-bond acceptors (Lipinski definition) is 4. The summed E-state index contributed by atoms with van der Waals surface area (Å²) in [6, 6.07) is 1.18. The van der Waals surface area contributed by atoms with Crippen LogP contribution in [0.15, 0.2) is 17.2 Å². The average molecular weight is 197 g/mol. The van der Waals surface area contributed by atoms with E-state index in [1.165, 1.54) is 12.4 Å². The number of rotatable bonds is 4. The first-order valence-electron chi connectivity index (χ1n) is 4.12. The molecular weight excluding hydrogens is 186 g/mol. The number of carboxylic acids is 1. The molecule has 0 aromatic carbocycles. The number of H-pyrrole nitrogens is 1. The number of carbonyl (C=O) groups is 1. The lowest BCUT2D eigenvalue weighted by atomic mass is 10.0. The summed E-state index contributed by atoms with van der Waals surface area (Å²) < 4.78 is 0. The molecule has 0 aliphatic heterocycles. The molecule has 0 radical (unpaired) electrons. The highest BCUT2D eigenvalue weighted by atomic mass is 16.4. The van der Waals surface area contributed by atoms with E-state index >= 15 is 0 Å². The van der Waals surface area contributed by atoms with Crippen LogP contribution < -0.4 is 11.3 Å². The van der Waals surface area contributed by atoms with Gasteiger partial charge in [-0.25, -0.2) is 4.98 Å². The van der Waals surface area contributed by atoms with Crippen LogP contribution in [-0.2, 0) is 4.79 Å². The predicted molar refractivity (Wildman–Crippen MR) is 48.9 cm³/mol. The summed E-state index contributed by atoms with van der Waals surface area (Å²) >= 11 is 0. The third-order valence-corrected chi connectivity index (χ3v) is 1.81. The van der Waals surface area contributed by atoms with Gasteiger partial charge in [0.05, 0.1) is 12.0 Å². The highest BCUT2D eigenvalue weighted by Crippen LogP contribution is 2.14. The first kappa shape index (κ1) is 10.4. The van der Waals surface area contributed by atoms with Crippen LogP contribution in [0.2, 0.25) is 0 Å². The molecule has 0 spiro atoms. The molecule has 4 N–H and O–H groups in total. The number of nitrogens with zero attached hydrogens (tertiary/aromatic N) is 1. The minimum Gasteiger partial charge on any atom is -0.481 e. The number of carboxylic acid groups (broad SMARTS) is 1. The van der Waals surface area contributed by atoms with Crippen molar-refractivity contribution in [3.63, 3.8) is 0 Å². The van der Waals surface area contributed by atoms with E-state index in [-0.39, 0.29) is 24.2 Å². The van der Waals surface area contributed by atoms with Crippen molar-refractivity contribution < 1.29 is 9.90 Å². The quantitative estimate of drug-likeness (QED) is 0.590. The Balaban J connectivity index is 2.98. The first-order valence-corrected chi connectivity index (χ1v) is 4.12. The van der Waals surface area contributed by atoms with Gasteiger partial charge in [0.15, 0.2) is 0 Å². The summed E-state index contributed by atoms with van der Waals surface area (Å²) in [4.78, 5) is 27.8. The molecule has 1 rings (SSSR count). The molecule has 0 fully saturated rings. The van der Waals surface area contributed by atoms with Gasteiger partial charge in [0.25, 0.3) is 5.56 Å². The van der Waals surface area contributed by atoms with Gasteiger partial charge < -0.3 is 15.8 Å². The van der Waals surface area contributed by atoms with E-state index in [4.69, 9.17) is 10.8 Å². The van der Waals surface area contributed by atoms with E-state index in [2.05, 4.69) is 9.97 Å². The van der Waals surface area contributed by atoms with Gasteiger partial charge in [-0.1, -0.05) is 0 Å². The Morgan fingerprint density at radius 2 is 2.43 bits per heavy atom. The molecule has 0 aliphatic carbocycles.